The molecule has 180 valence electrons. The molecule has 0 saturated heterocycles. The summed E-state index contributed by atoms with van der Waals surface area (Å²) in [5.41, 5.74) is 1.23. The van der Waals surface area contributed by atoms with E-state index in [4.69, 9.17) is 14.2 Å². The van der Waals surface area contributed by atoms with Crippen LogP contribution in [0.25, 0.3) is 6.08 Å². The van der Waals surface area contributed by atoms with E-state index in [9.17, 15) is 31.5 Å². The zero-order chi connectivity index (χ0) is 25.4. The van der Waals surface area contributed by atoms with Crippen molar-refractivity contribution < 1.29 is 45.8 Å². The number of ketones is 1. The summed E-state index contributed by atoms with van der Waals surface area (Å²) in [6.45, 7) is 2.51. The van der Waals surface area contributed by atoms with E-state index >= 15 is 0 Å². The minimum atomic E-state index is -2.36. The summed E-state index contributed by atoms with van der Waals surface area (Å²) in [6.07, 6.45) is -0.208. The third kappa shape index (κ3) is 4.34. The number of carbonyl (C=O) groups excluding carboxylic acids is 2. The average Bonchev–Trinajstić information content (AvgIpc) is 3.17. The fourth-order valence-corrected chi connectivity index (χ4v) is 3.28. The summed E-state index contributed by atoms with van der Waals surface area (Å²) in [7, 11) is 0. The molecular formula is C25H15F5O5. The van der Waals surface area contributed by atoms with E-state index < -0.39 is 46.9 Å². The van der Waals surface area contributed by atoms with Crippen LogP contribution in [0.3, 0.4) is 0 Å². The van der Waals surface area contributed by atoms with Crippen molar-refractivity contribution in [1.82, 2.24) is 0 Å². The van der Waals surface area contributed by atoms with Crippen LogP contribution in [-0.2, 0) is 4.79 Å². The molecule has 0 aromatic heterocycles. The van der Waals surface area contributed by atoms with Gasteiger partial charge in [-0.05, 0) is 37.6 Å². The molecule has 0 N–H and O–H groups in total. The summed E-state index contributed by atoms with van der Waals surface area (Å²) in [4.78, 5) is 25.1. The van der Waals surface area contributed by atoms with Crippen molar-refractivity contribution in [1.29, 1.82) is 0 Å². The molecule has 0 amide bonds. The van der Waals surface area contributed by atoms with Gasteiger partial charge in [-0.2, -0.15) is 8.78 Å². The van der Waals surface area contributed by atoms with Gasteiger partial charge in [0.2, 0.25) is 34.9 Å². The number of halogens is 5. The molecule has 0 aliphatic carbocycles. The van der Waals surface area contributed by atoms with E-state index in [1.807, 2.05) is 6.07 Å². The highest BCUT2D eigenvalue weighted by molar-refractivity contribution is 6.15. The van der Waals surface area contributed by atoms with Crippen molar-refractivity contribution in [3.63, 3.8) is 0 Å². The Kier molecular flexibility index (Phi) is 6.29. The minimum absolute atomic E-state index is 0.0563. The van der Waals surface area contributed by atoms with Crippen LogP contribution in [0.4, 0.5) is 22.0 Å². The number of Topliss-reactive ketones (excluding diaryl/α,β-unsaturated/α-hetero) is 1. The lowest BCUT2D eigenvalue weighted by Crippen LogP contribution is -2.29. The van der Waals surface area contributed by atoms with Gasteiger partial charge >= 0.3 is 5.97 Å². The Morgan fingerprint density at radius 2 is 1.51 bits per heavy atom. The second kappa shape index (κ2) is 9.21. The van der Waals surface area contributed by atoms with Crippen molar-refractivity contribution in [3.8, 4) is 17.2 Å². The summed E-state index contributed by atoms with van der Waals surface area (Å²) in [6, 6.07) is 11.6. The number of ether oxygens (including phenoxy) is 3. The zero-order valence-electron chi connectivity index (χ0n) is 18.1. The van der Waals surface area contributed by atoms with E-state index in [-0.39, 0.29) is 34.2 Å². The van der Waals surface area contributed by atoms with Gasteiger partial charge in [0.15, 0.2) is 17.6 Å². The summed E-state index contributed by atoms with van der Waals surface area (Å²) < 4.78 is 83.2. The molecule has 1 aliphatic heterocycles. The monoisotopic (exact) mass is 490 g/mol. The number of rotatable bonds is 5. The van der Waals surface area contributed by atoms with E-state index in [0.717, 1.165) is 12.5 Å². The summed E-state index contributed by atoms with van der Waals surface area (Å²) in [5, 5.41) is 0. The van der Waals surface area contributed by atoms with Gasteiger partial charge < -0.3 is 14.2 Å². The molecule has 0 radical (unpaired) electrons. The molecule has 1 atom stereocenters. The first-order chi connectivity index (χ1) is 16.6. The molecule has 0 spiro atoms. The van der Waals surface area contributed by atoms with Gasteiger partial charge in [0.1, 0.15) is 11.5 Å². The van der Waals surface area contributed by atoms with Crippen LogP contribution in [0.15, 0.2) is 48.2 Å². The number of allylic oxidation sites excluding steroid dienone is 1. The van der Waals surface area contributed by atoms with E-state index in [1.165, 1.54) is 19.1 Å². The standard InChI is InChI=1S/C25H15F5O5/c1-11-15(9-8-14-22(31)16(34-23(11)14)10-13-6-4-3-5-7-13)35-25(32)12(2)33-24-20(29)18(27)17(26)19(28)21(24)30/h3-10,12H,1-2H3/b16-10-. The highest BCUT2D eigenvalue weighted by atomic mass is 19.2. The average molecular weight is 490 g/mol. The number of hydrogen-bond donors (Lipinski definition) is 0. The third-order valence-electron chi connectivity index (χ3n) is 5.14. The van der Waals surface area contributed by atoms with Crippen LogP contribution in [0, 0.1) is 36.0 Å². The van der Waals surface area contributed by atoms with Gasteiger partial charge in [-0.25, -0.2) is 18.0 Å². The molecule has 1 heterocycles. The van der Waals surface area contributed by atoms with Crippen molar-refractivity contribution in [2.24, 2.45) is 0 Å². The zero-order valence-corrected chi connectivity index (χ0v) is 18.1. The first kappa shape index (κ1) is 23.9. The van der Waals surface area contributed by atoms with E-state index in [2.05, 4.69) is 0 Å². The van der Waals surface area contributed by atoms with Gasteiger partial charge in [0.25, 0.3) is 0 Å². The molecule has 35 heavy (non-hydrogen) atoms. The second-order valence-corrected chi connectivity index (χ2v) is 7.50. The molecule has 1 aliphatic rings. The Labute approximate surface area is 195 Å². The Hall–Kier alpha value is -4.21. The summed E-state index contributed by atoms with van der Waals surface area (Å²) in [5.74, 6) is -14.3. The smallest absolute Gasteiger partial charge is 0.352 e. The van der Waals surface area contributed by atoms with Crippen LogP contribution >= 0.6 is 0 Å². The van der Waals surface area contributed by atoms with Crippen LogP contribution in [0.2, 0.25) is 0 Å². The third-order valence-corrected chi connectivity index (χ3v) is 5.14. The molecule has 0 saturated carbocycles. The molecule has 10 heteroatoms. The maximum absolute atomic E-state index is 13.8. The first-order valence-corrected chi connectivity index (χ1v) is 10.1. The molecule has 0 fully saturated rings. The molecule has 4 rings (SSSR count). The number of carbonyl (C=O) groups is 2. The van der Waals surface area contributed by atoms with Gasteiger partial charge in [-0.3, -0.25) is 4.79 Å². The Balaban J connectivity index is 1.54. The largest absolute Gasteiger partial charge is 0.473 e. The highest BCUT2D eigenvalue weighted by Gasteiger charge is 2.32. The highest BCUT2D eigenvalue weighted by Crippen LogP contribution is 2.39. The lowest BCUT2D eigenvalue weighted by atomic mass is 10.1. The van der Waals surface area contributed by atoms with Crippen LogP contribution in [0.1, 0.15) is 28.4 Å². The topological polar surface area (TPSA) is 61.8 Å². The lowest BCUT2D eigenvalue weighted by Gasteiger charge is -2.16. The fourth-order valence-electron chi connectivity index (χ4n) is 3.28. The van der Waals surface area contributed by atoms with Crippen LogP contribution in [0.5, 0.6) is 17.2 Å². The lowest BCUT2D eigenvalue weighted by molar-refractivity contribution is -0.141. The fraction of sp³-hybridized carbons (Fsp3) is 0.120. The number of esters is 1. The SMILES string of the molecule is Cc1c(OC(=O)C(C)Oc2c(F)c(F)c(F)c(F)c2F)ccc2c1O/C(=C\c1ccccc1)C2=O. The van der Waals surface area contributed by atoms with Gasteiger partial charge in [-0.15, -0.1) is 0 Å². The minimum Gasteiger partial charge on any atom is -0.473 e. The van der Waals surface area contributed by atoms with E-state index in [1.54, 1.807) is 30.3 Å². The van der Waals surface area contributed by atoms with Crippen molar-refractivity contribution in [3.05, 3.63) is 94.0 Å². The number of benzene rings is 3. The molecule has 0 bridgehead atoms. The van der Waals surface area contributed by atoms with Gasteiger partial charge in [-0.1, -0.05) is 30.3 Å². The quantitative estimate of drug-likeness (QED) is 0.115. The Bertz CT molecular complexity index is 1360. The predicted octanol–water partition coefficient (Wildman–Crippen LogP) is 5.68. The Morgan fingerprint density at radius 3 is 2.14 bits per heavy atom. The van der Waals surface area contributed by atoms with Crippen molar-refractivity contribution in [2.45, 2.75) is 20.0 Å². The molecular weight excluding hydrogens is 475 g/mol. The molecule has 1 unspecified atom stereocenters. The normalized spacial score (nSPS) is 14.5. The molecule has 3 aromatic carbocycles. The van der Waals surface area contributed by atoms with E-state index in [0.29, 0.717) is 0 Å². The van der Waals surface area contributed by atoms with Gasteiger partial charge in [0, 0.05) is 5.56 Å². The molecule has 5 nitrogen and oxygen atoms in total. The van der Waals surface area contributed by atoms with Gasteiger partial charge in [0.05, 0.1) is 5.56 Å². The molecule has 3 aromatic rings. The maximum atomic E-state index is 13.8. The van der Waals surface area contributed by atoms with Crippen molar-refractivity contribution >= 4 is 17.8 Å². The Morgan fingerprint density at radius 1 is 0.914 bits per heavy atom. The number of fused-ring (bicyclic) bond motifs is 1. The van der Waals surface area contributed by atoms with Crippen molar-refractivity contribution in [2.75, 3.05) is 0 Å². The van der Waals surface area contributed by atoms with Crippen LogP contribution < -0.4 is 14.2 Å². The predicted molar refractivity (Wildman–Crippen MR) is 113 cm³/mol. The van der Waals surface area contributed by atoms with Crippen LogP contribution in [-0.4, -0.2) is 17.9 Å². The number of hydrogen-bond acceptors (Lipinski definition) is 5. The maximum Gasteiger partial charge on any atom is 0.352 e. The first-order valence-electron chi connectivity index (χ1n) is 10.1. The summed E-state index contributed by atoms with van der Waals surface area (Å²) >= 11 is 0. The second-order valence-electron chi connectivity index (χ2n) is 7.50.